The number of nitrogens with one attached hydrogen (secondary N) is 1. The molecule has 2 N–H and O–H groups in total. The monoisotopic (exact) mass is 473 g/mol. The zero-order valence-corrected chi connectivity index (χ0v) is 19.0. The molecule has 0 bridgehead atoms. The molecular formula is C23H20ClNO4S2. The maximum Gasteiger partial charge on any atom is 0.325 e. The highest BCUT2D eigenvalue weighted by Crippen LogP contribution is 2.89. The zero-order valence-electron chi connectivity index (χ0n) is 16.6. The fraction of sp³-hybridized carbons (Fsp3) is 0.261. The minimum atomic E-state index is -3.95. The van der Waals surface area contributed by atoms with Crippen molar-refractivity contribution in [3.8, 4) is 0 Å². The van der Waals surface area contributed by atoms with E-state index in [2.05, 4.69) is 4.72 Å². The number of thioether (sulfide) groups is 1. The summed E-state index contributed by atoms with van der Waals surface area (Å²) >= 11 is 7.12. The van der Waals surface area contributed by atoms with Crippen molar-refractivity contribution in [1.29, 1.82) is 0 Å². The lowest BCUT2D eigenvalue weighted by molar-refractivity contribution is -0.142. The summed E-state index contributed by atoms with van der Waals surface area (Å²) in [6.07, 6.45) is 3.31. The van der Waals surface area contributed by atoms with E-state index in [1.807, 2.05) is 49.4 Å². The van der Waals surface area contributed by atoms with E-state index in [1.165, 1.54) is 11.8 Å². The number of hydrogen-bond donors (Lipinski definition) is 2. The van der Waals surface area contributed by atoms with E-state index in [0.29, 0.717) is 10.8 Å². The van der Waals surface area contributed by atoms with E-state index in [9.17, 15) is 18.3 Å². The number of fused-ring (bicyclic) bond motifs is 1. The van der Waals surface area contributed by atoms with Crippen molar-refractivity contribution in [2.75, 3.05) is 5.75 Å². The molecule has 4 unspecified atom stereocenters. The Morgan fingerprint density at radius 3 is 2.32 bits per heavy atom. The quantitative estimate of drug-likeness (QED) is 0.646. The van der Waals surface area contributed by atoms with Gasteiger partial charge in [0.1, 0.15) is 9.78 Å². The van der Waals surface area contributed by atoms with Gasteiger partial charge in [0.25, 0.3) is 0 Å². The van der Waals surface area contributed by atoms with Crippen LogP contribution >= 0.6 is 23.4 Å². The number of allylic oxidation sites excluding steroid dienone is 2. The molecule has 2 aromatic rings. The third kappa shape index (κ3) is 3.02. The molecule has 8 heteroatoms. The molecule has 1 aliphatic heterocycles. The molecule has 1 heterocycles. The molecule has 5 rings (SSSR count). The first-order chi connectivity index (χ1) is 14.7. The maximum absolute atomic E-state index is 13.1. The molecular weight excluding hydrogens is 454 g/mol. The molecule has 2 aromatic carbocycles. The number of sulfonamides is 1. The Morgan fingerprint density at radius 1 is 1.13 bits per heavy atom. The molecule has 31 heavy (non-hydrogen) atoms. The fourth-order valence-electron chi connectivity index (χ4n) is 5.05. The second-order valence-electron chi connectivity index (χ2n) is 8.34. The molecule has 4 atom stereocenters. The van der Waals surface area contributed by atoms with Crippen LogP contribution in [-0.4, -0.2) is 30.8 Å². The molecule has 5 nitrogen and oxygen atoms in total. The van der Waals surface area contributed by atoms with Gasteiger partial charge in [-0.1, -0.05) is 67.1 Å². The van der Waals surface area contributed by atoms with Crippen LogP contribution in [0.15, 0.2) is 71.0 Å². The van der Waals surface area contributed by atoms with Crippen LogP contribution in [0.2, 0.25) is 5.02 Å². The van der Waals surface area contributed by atoms with E-state index in [4.69, 9.17) is 11.6 Å². The van der Waals surface area contributed by atoms with E-state index in [0.717, 1.165) is 16.7 Å². The van der Waals surface area contributed by atoms with Crippen molar-refractivity contribution in [1.82, 2.24) is 4.72 Å². The predicted molar refractivity (Wildman–Crippen MR) is 123 cm³/mol. The normalized spacial score (nSPS) is 31.3. The van der Waals surface area contributed by atoms with Gasteiger partial charge in [-0.05, 0) is 40.8 Å². The van der Waals surface area contributed by atoms with Gasteiger partial charge in [-0.15, -0.1) is 11.8 Å². The minimum Gasteiger partial charge on any atom is -0.480 e. The van der Waals surface area contributed by atoms with Gasteiger partial charge in [0.05, 0.1) is 0 Å². The predicted octanol–water partition coefficient (Wildman–Crippen LogP) is 4.49. The molecule has 0 amide bonds. The standard InChI is InChI=1S/C23H20ClNO4S2/c1-22-19(15-5-3-2-4-6-15)20(22)23(22,21(26)27)25-31(28,29)18-12-9-16(13-30-18)14-7-10-17(24)11-8-14/h2-12,19-20,25H,13H2,1H3,(H,26,27). The topological polar surface area (TPSA) is 83.5 Å². The van der Waals surface area contributed by atoms with Crippen molar-refractivity contribution in [3.05, 3.63) is 87.1 Å². The SMILES string of the molecule is CC12C(c3ccccc3)C1C2(NS(=O)(=O)C1=CC=C(c2ccc(Cl)cc2)CS1)C(=O)O. The highest BCUT2D eigenvalue weighted by atomic mass is 35.5. The number of rotatable bonds is 6. The number of halogens is 1. The Hall–Kier alpha value is -2.06. The third-order valence-corrected chi connectivity index (χ3v) is 10.2. The molecule has 2 saturated carbocycles. The van der Waals surface area contributed by atoms with Crippen LogP contribution in [0.4, 0.5) is 0 Å². The van der Waals surface area contributed by atoms with Gasteiger partial charge < -0.3 is 5.11 Å². The summed E-state index contributed by atoms with van der Waals surface area (Å²) in [5.41, 5.74) is 0.943. The highest BCUT2D eigenvalue weighted by molar-refractivity contribution is 8.18. The van der Waals surface area contributed by atoms with Crippen molar-refractivity contribution in [2.45, 2.75) is 18.4 Å². The first-order valence-electron chi connectivity index (χ1n) is 9.84. The molecule has 0 aromatic heterocycles. The number of carbonyl (C=O) groups is 1. The summed E-state index contributed by atoms with van der Waals surface area (Å²) in [4.78, 5) is 12.2. The van der Waals surface area contributed by atoms with E-state index in [1.54, 1.807) is 24.3 Å². The highest BCUT2D eigenvalue weighted by Gasteiger charge is 2.97. The number of carboxylic acids is 1. The zero-order chi connectivity index (χ0) is 22.0. The molecule has 2 fully saturated rings. The second-order valence-corrected chi connectivity index (χ2v) is 11.7. The first-order valence-corrected chi connectivity index (χ1v) is 12.7. The van der Waals surface area contributed by atoms with Crippen molar-refractivity contribution >= 4 is 44.9 Å². The summed E-state index contributed by atoms with van der Waals surface area (Å²) in [5.74, 6) is -0.836. The summed E-state index contributed by atoms with van der Waals surface area (Å²) in [6.45, 7) is 1.85. The van der Waals surface area contributed by atoms with Crippen LogP contribution in [0.1, 0.15) is 24.0 Å². The van der Waals surface area contributed by atoms with Gasteiger partial charge >= 0.3 is 5.97 Å². The summed E-state index contributed by atoms with van der Waals surface area (Å²) in [6, 6.07) is 17.0. The summed E-state index contributed by atoms with van der Waals surface area (Å²) in [7, 11) is -3.95. The Morgan fingerprint density at radius 2 is 1.77 bits per heavy atom. The van der Waals surface area contributed by atoms with Gasteiger partial charge in [-0.2, -0.15) is 4.72 Å². The van der Waals surface area contributed by atoms with Crippen LogP contribution in [0.3, 0.4) is 0 Å². The average molecular weight is 474 g/mol. The third-order valence-electron chi connectivity index (χ3n) is 6.81. The van der Waals surface area contributed by atoms with E-state index >= 15 is 0 Å². The molecule has 0 spiro atoms. The Kier molecular flexibility index (Phi) is 4.68. The van der Waals surface area contributed by atoms with Gasteiger partial charge in [-0.25, -0.2) is 8.42 Å². The van der Waals surface area contributed by atoms with Gasteiger partial charge in [0.2, 0.25) is 10.0 Å². The van der Waals surface area contributed by atoms with Gasteiger partial charge in [-0.3, -0.25) is 4.79 Å². The van der Waals surface area contributed by atoms with Gasteiger partial charge in [0.15, 0.2) is 0 Å². The second kappa shape index (κ2) is 6.97. The Balaban J connectivity index is 1.37. The molecule has 0 radical (unpaired) electrons. The van der Waals surface area contributed by atoms with Crippen molar-refractivity contribution in [3.63, 3.8) is 0 Å². The fourth-order valence-corrected chi connectivity index (χ4v) is 8.03. The lowest BCUT2D eigenvalue weighted by atomic mass is 9.86. The number of aliphatic carboxylic acids is 1. The minimum absolute atomic E-state index is 0.0527. The van der Waals surface area contributed by atoms with Gasteiger partial charge in [0, 0.05) is 22.1 Å². The lowest BCUT2D eigenvalue weighted by Crippen LogP contribution is -2.52. The Labute approximate surface area is 190 Å². The molecule has 2 aliphatic carbocycles. The maximum atomic E-state index is 13.1. The van der Waals surface area contributed by atoms with E-state index < -0.39 is 26.9 Å². The van der Waals surface area contributed by atoms with Crippen LogP contribution in [-0.2, 0) is 14.8 Å². The van der Waals surface area contributed by atoms with Crippen molar-refractivity contribution < 1.29 is 18.3 Å². The molecule has 0 saturated heterocycles. The van der Waals surface area contributed by atoms with Crippen molar-refractivity contribution in [2.24, 2.45) is 11.3 Å². The largest absolute Gasteiger partial charge is 0.480 e. The summed E-state index contributed by atoms with van der Waals surface area (Å²) < 4.78 is 28.8. The van der Waals surface area contributed by atoms with Crippen LogP contribution < -0.4 is 4.72 Å². The molecule has 160 valence electrons. The summed E-state index contributed by atoms with van der Waals surface area (Å²) in [5, 5.41) is 10.6. The number of benzene rings is 2. The smallest absolute Gasteiger partial charge is 0.325 e. The first kappa shape index (κ1) is 20.8. The van der Waals surface area contributed by atoms with Crippen LogP contribution in [0.5, 0.6) is 0 Å². The number of carboxylic acid groups (broad SMARTS) is 1. The van der Waals surface area contributed by atoms with E-state index in [-0.39, 0.29) is 16.1 Å². The molecule has 3 aliphatic rings. The lowest BCUT2D eigenvalue weighted by Gasteiger charge is -2.28. The van der Waals surface area contributed by atoms with Crippen LogP contribution in [0.25, 0.3) is 5.57 Å². The van der Waals surface area contributed by atoms with Crippen LogP contribution in [0, 0.1) is 11.3 Å². The average Bonchev–Trinajstić information content (AvgIpc) is 3.57. The number of hydrogen-bond acceptors (Lipinski definition) is 4. The Bertz CT molecular complexity index is 1240.